The van der Waals surface area contributed by atoms with Crippen molar-refractivity contribution in [3.63, 3.8) is 0 Å². The minimum atomic E-state index is -0.0787. The first-order valence-electron chi connectivity index (χ1n) is 7.17. The smallest absolute Gasteiger partial charge is 0.233 e. The molecule has 0 atom stereocenters. The molecule has 0 aliphatic carbocycles. The van der Waals surface area contributed by atoms with Crippen LogP contribution in [0.15, 0.2) is 24.4 Å². The average molecular weight is 277 g/mol. The molecule has 1 amide bonds. The van der Waals surface area contributed by atoms with Crippen molar-refractivity contribution in [2.24, 2.45) is 5.84 Å². The molecule has 1 aromatic heterocycles. The summed E-state index contributed by atoms with van der Waals surface area (Å²) >= 11 is 0. The van der Waals surface area contributed by atoms with Crippen molar-refractivity contribution in [1.29, 1.82) is 0 Å². The van der Waals surface area contributed by atoms with Crippen LogP contribution in [0, 0.1) is 0 Å². The molecule has 0 saturated carbocycles. The van der Waals surface area contributed by atoms with E-state index in [2.05, 4.69) is 26.3 Å². The van der Waals surface area contributed by atoms with Crippen molar-refractivity contribution in [3.05, 3.63) is 24.4 Å². The molecule has 6 heteroatoms. The van der Waals surface area contributed by atoms with Crippen LogP contribution in [-0.4, -0.2) is 48.5 Å². The summed E-state index contributed by atoms with van der Waals surface area (Å²) < 4.78 is 0. The third-order valence-corrected chi connectivity index (χ3v) is 3.63. The predicted octanol–water partition coefficient (Wildman–Crippen LogP) is 0.364. The lowest BCUT2D eigenvalue weighted by molar-refractivity contribution is -0.121. The summed E-state index contributed by atoms with van der Waals surface area (Å²) in [5, 5.41) is 0. The number of hydrogen-bond acceptors (Lipinski definition) is 5. The fourth-order valence-electron chi connectivity index (χ4n) is 2.43. The number of piperazine rings is 1. The summed E-state index contributed by atoms with van der Waals surface area (Å²) in [6, 6.07) is 6.02. The van der Waals surface area contributed by atoms with Crippen LogP contribution in [-0.2, 0) is 4.79 Å². The molecule has 3 N–H and O–H groups in total. The van der Waals surface area contributed by atoms with Gasteiger partial charge >= 0.3 is 0 Å². The number of nitrogens with zero attached hydrogens (tertiary/aromatic N) is 3. The summed E-state index contributed by atoms with van der Waals surface area (Å²) in [4.78, 5) is 20.1. The normalized spacial score (nSPS) is 16.1. The number of carbonyl (C=O) groups is 1. The molecule has 0 bridgehead atoms. The first-order chi connectivity index (χ1) is 9.79. The van der Waals surface area contributed by atoms with Gasteiger partial charge in [0.05, 0.1) is 0 Å². The van der Waals surface area contributed by atoms with E-state index in [0.717, 1.165) is 51.4 Å². The fraction of sp³-hybridized carbons (Fsp3) is 0.571. The first kappa shape index (κ1) is 14.7. The van der Waals surface area contributed by atoms with Crippen molar-refractivity contribution in [2.75, 3.05) is 37.6 Å². The lowest BCUT2D eigenvalue weighted by atomic mass is 10.2. The average Bonchev–Trinajstić information content (AvgIpc) is 2.52. The fourth-order valence-corrected chi connectivity index (χ4v) is 2.43. The van der Waals surface area contributed by atoms with Crippen LogP contribution < -0.4 is 16.2 Å². The molecule has 1 aliphatic heterocycles. The van der Waals surface area contributed by atoms with Gasteiger partial charge in [-0.15, -0.1) is 0 Å². The van der Waals surface area contributed by atoms with Gasteiger partial charge in [0.15, 0.2) is 0 Å². The van der Waals surface area contributed by atoms with E-state index < -0.39 is 0 Å². The van der Waals surface area contributed by atoms with E-state index in [-0.39, 0.29) is 5.91 Å². The zero-order valence-electron chi connectivity index (χ0n) is 11.8. The largest absolute Gasteiger partial charge is 0.354 e. The van der Waals surface area contributed by atoms with Gasteiger partial charge < -0.3 is 4.90 Å². The Labute approximate surface area is 119 Å². The molecule has 110 valence electrons. The summed E-state index contributed by atoms with van der Waals surface area (Å²) in [5.41, 5.74) is 2.16. The van der Waals surface area contributed by atoms with Gasteiger partial charge in [0.2, 0.25) is 5.91 Å². The van der Waals surface area contributed by atoms with Crippen LogP contribution in [0.4, 0.5) is 5.82 Å². The van der Waals surface area contributed by atoms with Gasteiger partial charge in [0, 0.05) is 38.8 Å². The molecule has 1 aliphatic rings. The lowest BCUT2D eigenvalue weighted by Gasteiger charge is -2.35. The van der Waals surface area contributed by atoms with E-state index in [1.807, 2.05) is 18.3 Å². The van der Waals surface area contributed by atoms with Crippen molar-refractivity contribution >= 4 is 11.7 Å². The predicted molar refractivity (Wildman–Crippen MR) is 79.1 cm³/mol. The van der Waals surface area contributed by atoms with E-state index in [1.165, 1.54) is 0 Å². The topological polar surface area (TPSA) is 74.5 Å². The molecule has 6 nitrogen and oxygen atoms in total. The maximum atomic E-state index is 11.0. The van der Waals surface area contributed by atoms with Gasteiger partial charge in [-0.25, -0.2) is 10.8 Å². The van der Waals surface area contributed by atoms with Crippen molar-refractivity contribution in [1.82, 2.24) is 15.3 Å². The number of amides is 1. The van der Waals surface area contributed by atoms with Crippen LogP contribution in [0.3, 0.4) is 0 Å². The second-order valence-electron chi connectivity index (χ2n) is 5.04. The Morgan fingerprint density at radius 1 is 1.25 bits per heavy atom. The van der Waals surface area contributed by atoms with Gasteiger partial charge in [0.1, 0.15) is 5.82 Å². The Bertz CT molecular complexity index is 403. The zero-order valence-corrected chi connectivity index (χ0v) is 11.8. The lowest BCUT2D eigenvalue weighted by Crippen LogP contribution is -2.46. The highest BCUT2D eigenvalue weighted by Crippen LogP contribution is 2.12. The Balaban J connectivity index is 1.63. The Morgan fingerprint density at radius 3 is 2.70 bits per heavy atom. The monoisotopic (exact) mass is 277 g/mol. The molecule has 1 fully saturated rings. The number of rotatable bonds is 6. The molecule has 0 spiro atoms. The van der Waals surface area contributed by atoms with Crippen molar-refractivity contribution in [3.8, 4) is 0 Å². The molecular weight excluding hydrogens is 254 g/mol. The van der Waals surface area contributed by atoms with Crippen LogP contribution in [0.2, 0.25) is 0 Å². The summed E-state index contributed by atoms with van der Waals surface area (Å²) in [6.07, 6.45) is 4.29. The standard InChI is InChI=1S/C14H23N5O/c15-17-14(20)6-2-4-8-18-9-11-19(12-10-18)13-5-1-3-7-16-13/h1,3,5,7H,2,4,6,8-12,15H2,(H,17,20). The maximum absolute atomic E-state index is 11.0. The highest BCUT2D eigenvalue weighted by Gasteiger charge is 2.17. The van der Waals surface area contributed by atoms with Gasteiger partial charge in [-0.3, -0.25) is 15.1 Å². The molecule has 0 unspecified atom stereocenters. The molecule has 2 heterocycles. The van der Waals surface area contributed by atoms with E-state index >= 15 is 0 Å². The third-order valence-electron chi connectivity index (χ3n) is 3.63. The van der Waals surface area contributed by atoms with Crippen LogP contribution in [0.25, 0.3) is 0 Å². The Kier molecular flexibility index (Phi) is 5.76. The van der Waals surface area contributed by atoms with E-state index in [0.29, 0.717) is 6.42 Å². The van der Waals surface area contributed by atoms with Gasteiger partial charge in [-0.2, -0.15) is 0 Å². The van der Waals surface area contributed by atoms with Crippen LogP contribution in [0.5, 0.6) is 0 Å². The quantitative estimate of drug-likeness (QED) is 0.340. The molecule has 20 heavy (non-hydrogen) atoms. The van der Waals surface area contributed by atoms with E-state index in [1.54, 1.807) is 0 Å². The number of unbranched alkanes of at least 4 members (excludes halogenated alkanes) is 1. The Morgan fingerprint density at radius 2 is 2.05 bits per heavy atom. The number of carbonyl (C=O) groups excluding carboxylic acids is 1. The first-order valence-corrected chi connectivity index (χ1v) is 7.17. The number of nitrogens with one attached hydrogen (secondary N) is 1. The third kappa shape index (κ3) is 4.47. The second kappa shape index (κ2) is 7.81. The van der Waals surface area contributed by atoms with Gasteiger partial charge in [-0.1, -0.05) is 6.07 Å². The highest BCUT2D eigenvalue weighted by atomic mass is 16.2. The SMILES string of the molecule is NNC(=O)CCCCN1CCN(c2ccccn2)CC1. The van der Waals surface area contributed by atoms with Crippen molar-refractivity contribution < 1.29 is 4.79 Å². The number of anilines is 1. The number of pyridine rings is 1. The molecule has 1 aromatic rings. The van der Waals surface area contributed by atoms with Crippen molar-refractivity contribution in [2.45, 2.75) is 19.3 Å². The minimum Gasteiger partial charge on any atom is -0.354 e. The number of aromatic nitrogens is 1. The summed E-state index contributed by atoms with van der Waals surface area (Å²) in [6.45, 7) is 5.19. The second-order valence-corrected chi connectivity index (χ2v) is 5.04. The van der Waals surface area contributed by atoms with Crippen LogP contribution in [0.1, 0.15) is 19.3 Å². The minimum absolute atomic E-state index is 0.0787. The molecule has 0 aromatic carbocycles. The molecule has 1 saturated heterocycles. The van der Waals surface area contributed by atoms with E-state index in [4.69, 9.17) is 5.84 Å². The van der Waals surface area contributed by atoms with E-state index in [9.17, 15) is 4.79 Å². The number of nitrogens with two attached hydrogens (primary N) is 1. The number of hydrogen-bond donors (Lipinski definition) is 2. The molecule has 2 rings (SSSR count). The number of hydrazine groups is 1. The molecule has 0 radical (unpaired) electrons. The molecular formula is C14H23N5O. The van der Waals surface area contributed by atoms with Gasteiger partial charge in [-0.05, 0) is 31.5 Å². The summed E-state index contributed by atoms with van der Waals surface area (Å²) in [7, 11) is 0. The zero-order chi connectivity index (χ0) is 14.2. The maximum Gasteiger partial charge on any atom is 0.233 e. The summed E-state index contributed by atoms with van der Waals surface area (Å²) in [5.74, 6) is 6.03. The van der Waals surface area contributed by atoms with Gasteiger partial charge in [0.25, 0.3) is 0 Å². The Hall–Kier alpha value is -1.66. The van der Waals surface area contributed by atoms with Crippen LogP contribution >= 0.6 is 0 Å². The highest BCUT2D eigenvalue weighted by molar-refractivity contribution is 5.75.